The van der Waals surface area contributed by atoms with E-state index >= 15 is 0 Å². The summed E-state index contributed by atoms with van der Waals surface area (Å²) >= 11 is 0. The van der Waals surface area contributed by atoms with Gasteiger partial charge in [0.05, 0.1) is 0 Å². The molecule has 1 atom stereocenters. The van der Waals surface area contributed by atoms with Crippen molar-refractivity contribution in [2.24, 2.45) is 11.7 Å². The van der Waals surface area contributed by atoms with Crippen LogP contribution in [0.4, 0.5) is 0 Å². The Balaban J connectivity index is 1.95. The molecular weight excluding hydrogens is 206 g/mol. The van der Waals surface area contributed by atoms with Crippen LogP contribution in [-0.2, 0) is 6.42 Å². The fourth-order valence-electron chi connectivity index (χ4n) is 3.00. The third kappa shape index (κ3) is 3.57. The Kier molecular flexibility index (Phi) is 4.61. The van der Waals surface area contributed by atoms with Crippen LogP contribution in [0.1, 0.15) is 49.7 Å². The maximum atomic E-state index is 6.42. The van der Waals surface area contributed by atoms with Gasteiger partial charge in [-0.05, 0) is 43.2 Å². The third-order valence-corrected chi connectivity index (χ3v) is 4.22. The number of hydrogen-bond acceptors (Lipinski definition) is 1. The Morgan fingerprint density at radius 2 is 1.76 bits per heavy atom. The molecule has 0 amide bonds. The number of aryl methyl sites for hydroxylation is 1. The van der Waals surface area contributed by atoms with E-state index in [1.165, 1.54) is 49.7 Å². The predicted molar refractivity (Wildman–Crippen MR) is 74.1 cm³/mol. The van der Waals surface area contributed by atoms with E-state index in [2.05, 4.69) is 31.2 Å². The molecule has 0 bridgehead atoms. The normalized spacial score (nSPS) is 19.9. The van der Waals surface area contributed by atoms with E-state index < -0.39 is 0 Å². The van der Waals surface area contributed by atoms with Crippen LogP contribution in [0.3, 0.4) is 0 Å². The van der Waals surface area contributed by atoms with Crippen LogP contribution >= 0.6 is 0 Å². The van der Waals surface area contributed by atoms with Crippen molar-refractivity contribution in [3.8, 4) is 0 Å². The summed E-state index contributed by atoms with van der Waals surface area (Å²) in [6.07, 6.45) is 9.32. The van der Waals surface area contributed by atoms with Gasteiger partial charge < -0.3 is 5.73 Å². The average molecular weight is 231 g/mol. The van der Waals surface area contributed by atoms with Crippen molar-refractivity contribution in [2.75, 3.05) is 0 Å². The van der Waals surface area contributed by atoms with E-state index in [9.17, 15) is 0 Å². The van der Waals surface area contributed by atoms with Crippen molar-refractivity contribution in [1.82, 2.24) is 0 Å². The molecule has 0 radical (unpaired) electrons. The van der Waals surface area contributed by atoms with Gasteiger partial charge in [-0.1, -0.05) is 49.9 Å². The van der Waals surface area contributed by atoms with Gasteiger partial charge >= 0.3 is 0 Å². The van der Waals surface area contributed by atoms with E-state index in [-0.39, 0.29) is 0 Å². The summed E-state index contributed by atoms with van der Waals surface area (Å²) in [6, 6.07) is 9.01. The lowest BCUT2D eigenvalue weighted by Crippen LogP contribution is -2.32. The molecule has 1 fully saturated rings. The summed E-state index contributed by atoms with van der Waals surface area (Å²) in [7, 11) is 0. The Bertz CT molecular complexity index is 337. The molecule has 1 nitrogen and oxygen atoms in total. The van der Waals surface area contributed by atoms with Gasteiger partial charge in [0.2, 0.25) is 0 Å². The molecule has 1 heteroatoms. The Morgan fingerprint density at radius 1 is 1.12 bits per heavy atom. The molecule has 2 rings (SSSR count). The maximum Gasteiger partial charge on any atom is 0.0108 e. The molecule has 1 saturated carbocycles. The second-order valence-electron chi connectivity index (χ2n) is 5.55. The molecule has 1 unspecified atom stereocenters. The summed E-state index contributed by atoms with van der Waals surface area (Å²) in [5, 5.41) is 0. The van der Waals surface area contributed by atoms with E-state index in [4.69, 9.17) is 5.73 Å². The first-order chi connectivity index (χ1) is 8.27. The van der Waals surface area contributed by atoms with Crippen molar-refractivity contribution in [3.05, 3.63) is 35.4 Å². The minimum absolute atomic E-state index is 0.356. The molecule has 1 aliphatic rings. The number of rotatable bonds is 3. The van der Waals surface area contributed by atoms with Crippen molar-refractivity contribution in [1.29, 1.82) is 0 Å². The summed E-state index contributed by atoms with van der Waals surface area (Å²) < 4.78 is 0. The quantitative estimate of drug-likeness (QED) is 0.786. The summed E-state index contributed by atoms with van der Waals surface area (Å²) in [4.78, 5) is 0. The van der Waals surface area contributed by atoms with Gasteiger partial charge in [-0.15, -0.1) is 0 Å². The molecule has 0 spiro atoms. The van der Waals surface area contributed by atoms with Crippen LogP contribution in [0.2, 0.25) is 0 Å². The lowest BCUT2D eigenvalue weighted by atomic mass is 9.87. The molecular formula is C16H25N. The number of benzene rings is 1. The largest absolute Gasteiger partial charge is 0.327 e. The fourth-order valence-corrected chi connectivity index (χ4v) is 3.00. The first kappa shape index (κ1) is 12.6. The van der Waals surface area contributed by atoms with Crippen LogP contribution in [0.25, 0.3) is 0 Å². The van der Waals surface area contributed by atoms with Gasteiger partial charge in [-0.25, -0.2) is 0 Å². The molecule has 0 aliphatic heterocycles. The van der Waals surface area contributed by atoms with Crippen molar-refractivity contribution in [2.45, 2.75) is 57.9 Å². The molecule has 17 heavy (non-hydrogen) atoms. The third-order valence-electron chi connectivity index (χ3n) is 4.22. The first-order valence-electron chi connectivity index (χ1n) is 7.07. The second-order valence-corrected chi connectivity index (χ2v) is 5.55. The monoisotopic (exact) mass is 231 g/mol. The van der Waals surface area contributed by atoms with E-state index in [0.717, 1.165) is 12.3 Å². The zero-order valence-corrected chi connectivity index (χ0v) is 11.0. The molecule has 0 heterocycles. The van der Waals surface area contributed by atoms with E-state index in [1.54, 1.807) is 0 Å². The zero-order chi connectivity index (χ0) is 12.1. The summed E-state index contributed by atoms with van der Waals surface area (Å²) in [6.45, 7) is 2.19. The molecule has 0 aromatic heterocycles. The fraction of sp³-hybridized carbons (Fsp3) is 0.625. The van der Waals surface area contributed by atoms with Gasteiger partial charge in [0.15, 0.2) is 0 Å². The SMILES string of the molecule is Cc1ccccc1CC(N)C1CCCCCC1. The first-order valence-corrected chi connectivity index (χ1v) is 7.07. The standard InChI is InChI=1S/C16H25N/c1-13-8-6-7-11-15(13)12-16(17)14-9-4-2-3-5-10-14/h6-8,11,14,16H,2-5,9-10,12,17H2,1H3. The highest BCUT2D eigenvalue weighted by molar-refractivity contribution is 5.26. The van der Waals surface area contributed by atoms with Crippen LogP contribution in [-0.4, -0.2) is 6.04 Å². The highest BCUT2D eigenvalue weighted by Crippen LogP contribution is 2.26. The Labute approximate surface area is 105 Å². The highest BCUT2D eigenvalue weighted by Gasteiger charge is 2.19. The van der Waals surface area contributed by atoms with Crippen LogP contribution in [0.5, 0.6) is 0 Å². The predicted octanol–water partition coefficient (Wildman–Crippen LogP) is 3.84. The lowest BCUT2D eigenvalue weighted by molar-refractivity contribution is 0.372. The van der Waals surface area contributed by atoms with Gasteiger partial charge in [0.1, 0.15) is 0 Å². The maximum absolute atomic E-state index is 6.42. The Morgan fingerprint density at radius 3 is 2.41 bits per heavy atom. The molecule has 0 saturated heterocycles. The van der Waals surface area contributed by atoms with Gasteiger partial charge in [0.25, 0.3) is 0 Å². The minimum Gasteiger partial charge on any atom is -0.327 e. The van der Waals surface area contributed by atoms with E-state index in [0.29, 0.717) is 6.04 Å². The van der Waals surface area contributed by atoms with Gasteiger partial charge in [-0.3, -0.25) is 0 Å². The topological polar surface area (TPSA) is 26.0 Å². The van der Waals surface area contributed by atoms with Crippen molar-refractivity contribution in [3.63, 3.8) is 0 Å². The smallest absolute Gasteiger partial charge is 0.0108 e. The van der Waals surface area contributed by atoms with Gasteiger partial charge in [-0.2, -0.15) is 0 Å². The van der Waals surface area contributed by atoms with Crippen LogP contribution in [0, 0.1) is 12.8 Å². The number of nitrogens with two attached hydrogens (primary N) is 1. The molecule has 1 aromatic rings. The highest BCUT2D eigenvalue weighted by atomic mass is 14.6. The molecule has 1 aromatic carbocycles. The summed E-state index contributed by atoms with van der Waals surface area (Å²) in [5.74, 6) is 0.747. The lowest BCUT2D eigenvalue weighted by Gasteiger charge is -2.23. The number of hydrogen-bond donors (Lipinski definition) is 1. The second kappa shape index (κ2) is 6.20. The average Bonchev–Trinajstić information content (AvgIpc) is 2.61. The van der Waals surface area contributed by atoms with Gasteiger partial charge in [0, 0.05) is 6.04 Å². The minimum atomic E-state index is 0.356. The molecule has 2 N–H and O–H groups in total. The van der Waals surface area contributed by atoms with E-state index in [1.807, 2.05) is 0 Å². The van der Waals surface area contributed by atoms with Crippen molar-refractivity contribution < 1.29 is 0 Å². The molecule has 1 aliphatic carbocycles. The Hall–Kier alpha value is -0.820. The zero-order valence-electron chi connectivity index (χ0n) is 11.0. The summed E-state index contributed by atoms with van der Waals surface area (Å²) in [5.41, 5.74) is 9.24. The van der Waals surface area contributed by atoms with Crippen LogP contribution < -0.4 is 5.73 Å². The van der Waals surface area contributed by atoms with Crippen LogP contribution in [0.15, 0.2) is 24.3 Å². The molecule has 94 valence electrons. The van der Waals surface area contributed by atoms with Crippen molar-refractivity contribution >= 4 is 0 Å².